The van der Waals surface area contributed by atoms with E-state index in [1.807, 2.05) is 0 Å². The highest BCUT2D eigenvalue weighted by Crippen LogP contribution is 2.33. The number of azide groups is 1. The Balaban J connectivity index is 2.48. The molecule has 1 fully saturated rings. The quantitative estimate of drug-likeness (QED) is 0.103. The van der Waals surface area contributed by atoms with Crippen LogP contribution in [0.3, 0.4) is 0 Å². The lowest BCUT2D eigenvalue weighted by Crippen LogP contribution is -2.63. The fraction of sp³-hybridized carbons (Fsp3) is 0.545. The fourth-order valence-corrected chi connectivity index (χ4v) is 4.80. The van der Waals surface area contributed by atoms with E-state index in [9.17, 15) is 23.4 Å². The van der Waals surface area contributed by atoms with Crippen LogP contribution in [0.4, 0.5) is 0 Å². The lowest BCUT2D eigenvalue weighted by molar-refractivity contribution is -0.238. The molecule has 14 heteroatoms. The zero-order valence-corrected chi connectivity index (χ0v) is 20.8. The molecule has 1 aliphatic heterocycles. The molecule has 6 atom stereocenters. The first-order chi connectivity index (χ1) is 17.1. The van der Waals surface area contributed by atoms with E-state index in [0.717, 1.165) is 20.8 Å². The maximum Gasteiger partial charge on any atom is 0.306 e. The van der Waals surface area contributed by atoms with Crippen LogP contribution in [0, 0.1) is 0 Å². The molecule has 1 aromatic rings. The molecular weight excluding hydrogens is 498 g/mol. The molecule has 1 saturated heterocycles. The van der Waals surface area contributed by atoms with E-state index in [-0.39, 0.29) is 19.4 Å². The van der Waals surface area contributed by atoms with Crippen molar-refractivity contribution in [3.63, 3.8) is 0 Å². The molecule has 0 bridgehead atoms. The van der Waals surface area contributed by atoms with Crippen molar-refractivity contribution in [3.05, 3.63) is 40.8 Å². The van der Waals surface area contributed by atoms with Crippen molar-refractivity contribution in [1.29, 1.82) is 0 Å². The van der Waals surface area contributed by atoms with Crippen LogP contribution in [0.15, 0.2) is 40.3 Å². The van der Waals surface area contributed by atoms with Crippen LogP contribution >= 0.6 is 0 Å². The van der Waals surface area contributed by atoms with Gasteiger partial charge in [-0.25, -0.2) is 0 Å². The van der Waals surface area contributed by atoms with E-state index in [4.69, 9.17) is 29.2 Å². The summed E-state index contributed by atoms with van der Waals surface area (Å²) >= 11 is 0. The number of ether oxygens (including phenoxy) is 5. The predicted octanol–water partition coefficient (Wildman–Crippen LogP) is 1.95. The summed E-state index contributed by atoms with van der Waals surface area (Å²) < 4.78 is 40.8. The second-order valence-corrected chi connectivity index (χ2v) is 9.15. The van der Waals surface area contributed by atoms with Crippen LogP contribution in [0.25, 0.3) is 10.4 Å². The van der Waals surface area contributed by atoms with E-state index >= 15 is 0 Å². The monoisotopic (exact) mass is 525 g/mol. The molecule has 36 heavy (non-hydrogen) atoms. The number of hydrogen-bond donors (Lipinski definition) is 0. The molecule has 0 saturated carbocycles. The molecule has 196 valence electrons. The Labute approximate surface area is 209 Å². The van der Waals surface area contributed by atoms with Gasteiger partial charge in [0.1, 0.15) is 12.7 Å². The van der Waals surface area contributed by atoms with E-state index in [0.29, 0.717) is 4.90 Å². The molecule has 0 aliphatic carbocycles. The Kier molecular flexibility index (Phi) is 11.3. The van der Waals surface area contributed by atoms with Crippen LogP contribution in [-0.2, 0) is 53.7 Å². The van der Waals surface area contributed by atoms with Crippen LogP contribution in [-0.4, -0.2) is 71.1 Å². The van der Waals surface area contributed by atoms with Gasteiger partial charge < -0.3 is 23.7 Å². The third-order valence-corrected chi connectivity index (χ3v) is 6.34. The molecule has 1 heterocycles. The van der Waals surface area contributed by atoms with Gasteiger partial charge in [-0.15, -0.1) is 0 Å². The van der Waals surface area contributed by atoms with Crippen LogP contribution < -0.4 is 0 Å². The highest BCUT2D eigenvalue weighted by Gasteiger charge is 2.54. The maximum atomic E-state index is 13.5. The molecule has 0 aromatic heterocycles. The smallest absolute Gasteiger partial charge is 0.306 e. The minimum absolute atomic E-state index is 0.0417. The molecule has 2 rings (SSSR count). The highest BCUT2D eigenvalue weighted by atomic mass is 32.2. The second-order valence-electron chi connectivity index (χ2n) is 7.62. The zero-order valence-electron chi connectivity index (χ0n) is 19.9. The van der Waals surface area contributed by atoms with Crippen LogP contribution in [0.5, 0.6) is 0 Å². The Hall–Kier alpha value is -3.48. The van der Waals surface area contributed by atoms with Gasteiger partial charge in [0.25, 0.3) is 0 Å². The molecule has 1 aromatic carbocycles. The SMILES string of the molecule is CC(=O)OC[C@H]1O[C@@H](S(=O)c2ccccc2)[C@H](OC(=O)CCCN=[N+]=[N-])[C@@H](OC(C)=O)[C@@H]1OC(C)=O. The lowest BCUT2D eigenvalue weighted by atomic mass is 9.99. The van der Waals surface area contributed by atoms with Gasteiger partial charge in [-0.3, -0.25) is 23.4 Å². The van der Waals surface area contributed by atoms with Gasteiger partial charge in [0.2, 0.25) is 0 Å². The molecule has 0 N–H and O–H groups in total. The fourth-order valence-electron chi connectivity index (χ4n) is 3.41. The Morgan fingerprint density at radius 3 is 2.19 bits per heavy atom. The van der Waals surface area contributed by atoms with Gasteiger partial charge in [0.05, 0.1) is 10.8 Å². The minimum Gasteiger partial charge on any atom is -0.463 e. The third kappa shape index (κ3) is 8.63. The first kappa shape index (κ1) is 28.8. The molecular formula is C22H27N3O10S. The average molecular weight is 526 g/mol. The Morgan fingerprint density at radius 2 is 1.61 bits per heavy atom. The number of carbonyl (C=O) groups is 4. The number of hydrogen-bond acceptors (Lipinski definition) is 11. The average Bonchev–Trinajstić information content (AvgIpc) is 2.82. The Bertz CT molecular complexity index is 1010. The summed E-state index contributed by atoms with van der Waals surface area (Å²) in [5.41, 5.74) is 7.01. The summed E-state index contributed by atoms with van der Waals surface area (Å²) in [5.74, 6) is -2.99. The number of nitrogens with zero attached hydrogens (tertiary/aromatic N) is 3. The van der Waals surface area contributed by atoms with Crippen molar-refractivity contribution in [2.45, 2.75) is 68.4 Å². The van der Waals surface area contributed by atoms with Crippen molar-refractivity contribution in [2.24, 2.45) is 5.11 Å². The molecule has 1 unspecified atom stereocenters. The van der Waals surface area contributed by atoms with Crippen molar-refractivity contribution in [3.8, 4) is 0 Å². The van der Waals surface area contributed by atoms with E-state index < -0.39 is 71.1 Å². The number of carbonyl (C=O) groups excluding carboxylic acids is 4. The summed E-state index contributed by atoms with van der Waals surface area (Å²) in [7, 11) is -1.96. The summed E-state index contributed by atoms with van der Waals surface area (Å²) in [6, 6.07) is 8.14. The van der Waals surface area contributed by atoms with Crippen molar-refractivity contribution < 1.29 is 47.1 Å². The highest BCUT2D eigenvalue weighted by molar-refractivity contribution is 7.85. The van der Waals surface area contributed by atoms with Crippen molar-refractivity contribution in [2.75, 3.05) is 13.2 Å². The molecule has 0 spiro atoms. The van der Waals surface area contributed by atoms with Gasteiger partial charge in [-0.2, -0.15) is 0 Å². The summed E-state index contributed by atoms with van der Waals surface area (Å²) in [5, 5.41) is 3.35. The summed E-state index contributed by atoms with van der Waals surface area (Å²) in [6.45, 7) is 3.00. The molecule has 0 amide bonds. The molecule has 1 aliphatic rings. The van der Waals surface area contributed by atoms with Gasteiger partial charge in [0, 0.05) is 43.5 Å². The summed E-state index contributed by atoms with van der Waals surface area (Å²) in [6.07, 6.45) is -5.43. The van der Waals surface area contributed by atoms with Gasteiger partial charge in [0.15, 0.2) is 23.7 Å². The van der Waals surface area contributed by atoms with Gasteiger partial charge in [-0.05, 0) is 24.1 Å². The largest absolute Gasteiger partial charge is 0.463 e. The second kappa shape index (κ2) is 14.2. The number of rotatable bonds is 11. The minimum atomic E-state index is -1.96. The molecule has 13 nitrogen and oxygen atoms in total. The van der Waals surface area contributed by atoms with E-state index in [1.54, 1.807) is 30.3 Å². The van der Waals surface area contributed by atoms with E-state index in [1.165, 1.54) is 0 Å². The zero-order chi connectivity index (χ0) is 26.7. The third-order valence-electron chi connectivity index (χ3n) is 4.80. The van der Waals surface area contributed by atoms with Crippen LogP contribution in [0.1, 0.15) is 33.6 Å². The number of esters is 4. The van der Waals surface area contributed by atoms with Gasteiger partial charge in [-0.1, -0.05) is 23.3 Å². The Morgan fingerprint density at radius 1 is 0.972 bits per heavy atom. The molecule has 0 radical (unpaired) electrons. The summed E-state index contributed by atoms with van der Waals surface area (Å²) in [4.78, 5) is 50.8. The van der Waals surface area contributed by atoms with Crippen LogP contribution in [0.2, 0.25) is 0 Å². The van der Waals surface area contributed by atoms with Crippen molar-refractivity contribution >= 4 is 34.7 Å². The topological polar surface area (TPSA) is 180 Å². The first-order valence-corrected chi connectivity index (χ1v) is 12.1. The normalized spacial score (nSPS) is 23.9. The lowest BCUT2D eigenvalue weighted by Gasteiger charge is -2.44. The first-order valence-electron chi connectivity index (χ1n) is 10.9. The number of benzene rings is 1. The maximum absolute atomic E-state index is 13.5. The van der Waals surface area contributed by atoms with Gasteiger partial charge >= 0.3 is 23.9 Å². The van der Waals surface area contributed by atoms with Crippen molar-refractivity contribution in [1.82, 2.24) is 0 Å². The van der Waals surface area contributed by atoms with E-state index in [2.05, 4.69) is 10.0 Å². The standard InChI is InChI=1S/C22H27N3O10S/c1-13(26)31-12-17-19(32-14(2)27)20(33-15(3)28)21(35-18(29)10-7-11-24-25-23)22(34-17)36(30)16-8-5-4-6-9-16/h4-6,8-9,17,19-22H,7,10-12H2,1-3H3/t17-,19-,20+,21-,22+,36?/m1/s1. The predicted molar refractivity (Wildman–Crippen MR) is 122 cm³/mol.